The van der Waals surface area contributed by atoms with Gasteiger partial charge in [-0.25, -0.2) is 0 Å². The molecule has 8 atom stereocenters. The zero-order valence-corrected chi connectivity index (χ0v) is 38.2. The number of rotatable bonds is 41. The van der Waals surface area contributed by atoms with Gasteiger partial charge in [0.05, 0.1) is 18.8 Å². The second-order valence-electron chi connectivity index (χ2n) is 17.8. The van der Waals surface area contributed by atoms with Gasteiger partial charge in [-0.05, 0) is 38.5 Å². The van der Waals surface area contributed by atoms with E-state index in [0.29, 0.717) is 12.8 Å². The van der Waals surface area contributed by atoms with Crippen LogP contribution in [0.25, 0.3) is 0 Å². The SMILES string of the molecule is CCCCCCCCCCCCCCCCCC/C=C\CCCCCCCCC(=O)N[C@@H](/C=C/[C@H]1OC(CO)[C@H](O)C(O)C1O)[C@H](O)[C@H](O)CCCCCCCCCC. The van der Waals surface area contributed by atoms with Crippen LogP contribution in [0.1, 0.15) is 232 Å². The number of carbonyl (C=O) groups excluding carboxylic acids is 1. The third-order valence-electron chi connectivity index (χ3n) is 12.3. The van der Waals surface area contributed by atoms with Crippen molar-refractivity contribution in [3.8, 4) is 0 Å². The maximum atomic E-state index is 13.0. The van der Waals surface area contributed by atoms with E-state index in [0.717, 1.165) is 57.8 Å². The molecule has 7 N–H and O–H groups in total. The van der Waals surface area contributed by atoms with E-state index in [1.807, 2.05) is 0 Å². The van der Waals surface area contributed by atoms with E-state index in [4.69, 9.17) is 4.74 Å². The number of aliphatic hydroxyl groups excluding tert-OH is 6. The zero-order chi connectivity index (χ0) is 43.2. The van der Waals surface area contributed by atoms with Gasteiger partial charge in [0.2, 0.25) is 5.91 Å². The molecule has 1 saturated heterocycles. The van der Waals surface area contributed by atoms with Crippen LogP contribution in [0.15, 0.2) is 24.3 Å². The highest BCUT2D eigenvalue weighted by molar-refractivity contribution is 5.76. The summed E-state index contributed by atoms with van der Waals surface area (Å²) in [6.45, 7) is 3.93. The summed E-state index contributed by atoms with van der Waals surface area (Å²) in [7, 11) is 0. The van der Waals surface area contributed by atoms with Gasteiger partial charge in [-0.1, -0.05) is 212 Å². The molecule has 0 aliphatic carbocycles. The molecule has 348 valence electrons. The quantitative estimate of drug-likeness (QED) is 0.0237. The van der Waals surface area contributed by atoms with E-state index >= 15 is 0 Å². The Labute approximate surface area is 362 Å². The van der Waals surface area contributed by atoms with Crippen molar-refractivity contribution in [1.29, 1.82) is 0 Å². The summed E-state index contributed by atoms with van der Waals surface area (Å²) < 4.78 is 5.58. The highest BCUT2D eigenvalue weighted by atomic mass is 16.5. The third kappa shape index (κ3) is 29.6. The molecule has 1 aliphatic heterocycles. The summed E-state index contributed by atoms with van der Waals surface area (Å²) in [4.78, 5) is 13.0. The van der Waals surface area contributed by atoms with Crippen molar-refractivity contribution in [3.05, 3.63) is 24.3 Å². The molecule has 0 bridgehead atoms. The minimum Gasteiger partial charge on any atom is -0.394 e. The lowest BCUT2D eigenvalue weighted by molar-refractivity contribution is -0.216. The van der Waals surface area contributed by atoms with Gasteiger partial charge in [-0.15, -0.1) is 0 Å². The Morgan fingerprint density at radius 1 is 0.559 bits per heavy atom. The van der Waals surface area contributed by atoms with Crippen molar-refractivity contribution in [1.82, 2.24) is 5.32 Å². The van der Waals surface area contributed by atoms with Crippen LogP contribution in [0, 0.1) is 0 Å². The van der Waals surface area contributed by atoms with Gasteiger partial charge in [0, 0.05) is 6.42 Å². The average Bonchev–Trinajstić information content (AvgIpc) is 3.23. The van der Waals surface area contributed by atoms with Crippen molar-refractivity contribution in [3.63, 3.8) is 0 Å². The summed E-state index contributed by atoms with van der Waals surface area (Å²) in [5, 5.41) is 65.2. The monoisotopic (exact) mass is 838 g/mol. The molecule has 0 aromatic rings. The number of hydrogen-bond acceptors (Lipinski definition) is 8. The smallest absolute Gasteiger partial charge is 0.220 e. The molecule has 59 heavy (non-hydrogen) atoms. The van der Waals surface area contributed by atoms with Crippen molar-refractivity contribution < 1.29 is 40.2 Å². The van der Waals surface area contributed by atoms with Gasteiger partial charge in [0.1, 0.15) is 36.6 Å². The predicted octanol–water partition coefficient (Wildman–Crippen LogP) is 10.5. The molecule has 1 rings (SSSR count). The van der Waals surface area contributed by atoms with Crippen molar-refractivity contribution in [2.75, 3.05) is 6.61 Å². The number of amides is 1. The number of allylic oxidation sites excluding steroid dienone is 2. The van der Waals surface area contributed by atoms with Crippen LogP contribution < -0.4 is 5.32 Å². The lowest BCUT2D eigenvalue weighted by Crippen LogP contribution is -2.58. The fraction of sp³-hybridized carbons (Fsp3) is 0.900. The number of unbranched alkanes of at least 4 members (excludes halogenated alkanes) is 29. The lowest BCUT2D eigenvalue weighted by Gasteiger charge is -2.39. The molecule has 0 spiro atoms. The van der Waals surface area contributed by atoms with Gasteiger partial charge in [0.15, 0.2) is 0 Å². The summed E-state index contributed by atoms with van der Waals surface area (Å²) >= 11 is 0. The zero-order valence-electron chi connectivity index (χ0n) is 38.2. The normalized spacial score (nSPS) is 21.4. The molecule has 1 amide bonds. The van der Waals surface area contributed by atoms with Crippen molar-refractivity contribution in [2.45, 2.75) is 281 Å². The first kappa shape index (κ1) is 55.7. The molecule has 1 heterocycles. The molecule has 0 aromatic carbocycles. The Kier molecular flexibility index (Phi) is 37.3. The van der Waals surface area contributed by atoms with Crippen LogP contribution in [-0.2, 0) is 9.53 Å². The molecule has 9 nitrogen and oxygen atoms in total. The molecule has 1 fully saturated rings. The fourth-order valence-electron chi connectivity index (χ4n) is 8.22. The Balaban J connectivity index is 2.24. The van der Waals surface area contributed by atoms with Gasteiger partial charge in [-0.2, -0.15) is 0 Å². The summed E-state index contributed by atoms with van der Waals surface area (Å²) in [5.74, 6) is -0.235. The molecule has 3 unspecified atom stereocenters. The Morgan fingerprint density at radius 3 is 1.41 bits per heavy atom. The molecule has 0 radical (unpaired) electrons. The summed E-state index contributed by atoms with van der Waals surface area (Å²) in [6.07, 6.45) is 39.3. The van der Waals surface area contributed by atoms with E-state index in [2.05, 4.69) is 31.3 Å². The Morgan fingerprint density at radius 2 is 0.966 bits per heavy atom. The third-order valence-corrected chi connectivity index (χ3v) is 12.3. The molecule has 0 aromatic heterocycles. The van der Waals surface area contributed by atoms with Gasteiger partial charge < -0.3 is 40.7 Å². The maximum absolute atomic E-state index is 13.0. The first-order valence-corrected chi connectivity index (χ1v) is 25.1. The Hall–Kier alpha value is -1.33. The lowest BCUT2D eigenvalue weighted by atomic mass is 9.93. The standard InChI is InChI=1S/C50H95NO8/c1-3-5-7-9-11-13-14-15-16-17-18-19-20-21-22-23-24-25-26-27-28-29-30-32-34-36-38-46(54)51-42(39-40-44-48(56)50(58)49(57)45(41-52)59-44)47(55)43(53)37-35-33-31-12-10-8-6-4-2/h25-26,39-40,42-45,47-50,52-53,55-58H,3-24,27-38,41H2,1-2H3,(H,51,54)/b26-25-,40-39+/t42-,43+,44+,45?,47-,48?,49-,50?/m0/s1. The topological polar surface area (TPSA) is 160 Å². The summed E-state index contributed by atoms with van der Waals surface area (Å²) in [5.41, 5.74) is 0. The molecule has 9 heteroatoms. The molecular weight excluding hydrogens is 743 g/mol. The van der Waals surface area contributed by atoms with Gasteiger partial charge in [0.25, 0.3) is 0 Å². The number of nitrogens with one attached hydrogen (secondary N) is 1. The van der Waals surface area contributed by atoms with E-state index in [-0.39, 0.29) is 5.91 Å². The second-order valence-corrected chi connectivity index (χ2v) is 17.8. The first-order valence-electron chi connectivity index (χ1n) is 25.1. The van der Waals surface area contributed by atoms with Crippen LogP contribution in [0.2, 0.25) is 0 Å². The molecule has 1 aliphatic rings. The van der Waals surface area contributed by atoms with Crippen LogP contribution in [0.3, 0.4) is 0 Å². The first-order chi connectivity index (χ1) is 28.8. The second kappa shape index (κ2) is 39.5. The van der Waals surface area contributed by atoms with Crippen molar-refractivity contribution >= 4 is 5.91 Å². The highest BCUT2D eigenvalue weighted by Crippen LogP contribution is 2.23. The summed E-state index contributed by atoms with van der Waals surface area (Å²) in [6, 6.07) is -0.948. The van der Waals surface area contributed by atoms with Crippen LogP contribution >= 0.6 is 0 Å². The predicted molar refractivity (Wildman–Crippen MR) is 244 cm³/mol. The van der Waals surface area contributed by atoms with E-state index in [1.165, 1.54) is 160 Å². The van der Waals surface area contributed by atoms with Crippen molar-refractivity contribution in [2.24, 2.45) is 0 Å². The maximum Gasteiger partial charge on any atom is 0.220 e. The Bertz CT molecular complexity index is 992. The highest BCUT2D eigenvalue weighted by Gasteiger charge is 2.42. The minimum absolute atomic E-state index is 0.235. The number of carbonyl (C=O) groups is 1. The average molecular weight is 838 g/mol. The number of ether oxygens (including phenoxy) is 1. The largest absolute Gasteiger partial charge is 0.394 e. The minimum atomic E-state index is -1.53. The van der Waals surface area contributed by atoms with Gasteiger partial charge in [-0.3, -0.25) is 4.79 Å². The van der Waals surface area contributed by atoms with Crippen LogP contribution in [-0.4, -0.2) is 91.9 Å². The van der Waals surface area contributed by atoms with Crippen LogP contribution in [0.4, 0.5) is 0 Å². The van der Waals surface area contributed by atoms with Gasteiger partial charge >= 0.3 is 0 Å². The number of aliphatic hydroxyl groups is 6. The fourth-order valence-corrected chi connectivity index (χ4v) is 8.22. The van der Waals surface area contributed by atoms with E-state index in [1.54, 1.807) is 0 Å². The van der Waals surface area contributed by atoms with Crippen LogP contribution in [0.5, 0.6) is 0 Å². The van der Waals surface area contributed by atoms with E-state index in [9.17, 15) is 35.4 Å². The molecule has 0 saturated carbocycles. The van der Waals surface area contributed by atoms with E-state index < -0.39 is 55.4 Å². The molecular formula is C50H95NO8. The number of hydrogen-bond donors (Lipinski definition) is 7.